The normalized spacial score (nSPS) is 15.9. The molecule has 2 N–H and O–H groups in total. The van der Waals surface area contributed by atoms with Gasteiger partial charge in [0.05, 0.1) is 17.7 Å². The van der Waals surface area contributed by atoms with Crippen LogP contribution in [0.15, 0.2) is 28.7 Å². The fourth-order valence-electron chi connectivity index (χ4n) is 4.08. The van der Waals surface area contributed by atoms with Gasteiger partial charge < -0.3 is 10.1 Å². The molecule has 0 unspecified atom stereocenters. The molecule has 1 saturated heterocycles. The average molecular weight is 551 g/mol. The number of carbonyl (C=O) groups excluding carboxylic acids is 1. The van der Waals surface area contributed by atoms with E-state index in [0.717, 1.165) is 11.3 Å². The van der Waals surface area contributed by atoms with Crippen molar-refractivity contribution < 1.29 is 22.9 Å². The lowest BCUT2D eigenvalue weighted by Crippen LogP contribution is -2.50. The number of nitrogens with one attached hydrogen (secondary N) is 2. The van der Waals surface area contributed by atoms with E-state index in [2.05, 4.69) is 35.2 Å². The maximum Gasteiger partial charge on any atom is 0.413 e. The molecule has 2 aromatic heterocycles. The number of thiazole rings is 1. The van der Waals surface area contributed by atoms with Crippen LogP contribution in [0.25, 0.3) is 10.9 Å². The van der Waals surface area contributed by atoms with Gasteiger partial charge in [-0.3, -0.25) is 20.3 Å². The first kappa shape index (κ1) is 26.6. The number of nitro groups is 1. The maximum absolute atomic E-state index is 13.2. The molecule has 16 heteroatoms. The van der Waals surface area contributed by atoms with Gasteiger partial charge in [-0.2, -0.15) is 4.31 Å². The third kappa shape index (κ3) is 5.76. The fourth-order valence-corrected chi connectivity index (χ4v) is 7.04. The van der Waals surface area contributed by atoms with Gasteiger partial charge in [-0.15, -0.1) is 0 Å². The first-order valence-corrected chi connectivity index (χ1v) is 13.6. The van der Waals surface area contributed by atoms with Crippen LogP contribution in [0.5, 0.6) is 0 Å². The van der Waals surface area contributed by atoms with Crippen LogP contribution in [0.1, 0.15) is 12.6 Å². The molecular weight excluding hydrogens is 524 g/mol. The number of ether oxygens (including phenoxy) is 1. The minimum atomic E-state index is -3.77. The fraction of sp³-hybridized carbons (Fsp3) is 0.429. The van der Waals surface area contributed by atoms with Crippen LogP contribution < -0.4 is 10.6 Å². The highest BCUT2D eigenvalue weighted by molar-refractivity contribution is 7.91. The highest BCUT2D eigenvalue weighted by Crippen LogP contribution is 2.31. The summed E-state index contributed by atoms with van der Waals surface area (Å²) in [6.07, 6.45) is 0.573. The zero-order valence-corrected chi connectivity index (χ0v) is 22.0. The Labute approximate surface area is 216 Å². The summed E-state index contributed by atoms with van der Waals surface area (Å²) in [5.74, 6) is 0.499. The standard InChI is InChI=1S/C21H26N8O6S2/c1-13(24-18-15-5-4-6-16(29(31)32)17(15)22-12-23-18)11-27-7-9-28(10-8-27)37(33,34)19-14(2)25-20(36-19)26-21(30)35-3/h4-6,12-13H,7-11H2,1-3H3,(H,22,23,24)(H,25,26,30)/t13-/m0/s1. The molecule has 3 heterocycles. The molecule has 0 saturated carbocycles. The van der Waals surface area contributed by atoms with Gasteiger partial charge in [-0.05, 0) is 19.9 Å². The number of aromatic nitrogens is 3. The van der Waals surface area contributed by atoms with E-state index in [9.17, 15) is 23.3 Å². The molecule has 0 aliphatic carbocycles. The van der Waals surface area contributed by atoms with Gasteiger partial charge in [-0.1, -0.05) is 17.4 Å². The topological polar surface area (TPSA) is 173 Å². The largest absolute Gasteiger partial charge is 0.453 e. The number of carbonyl (C=O) groups is 1. The molecule has 4 rings (SSSR count). The molecule has 1 atom stereocenters. The van der Waals surface area contributed by atoms with Crippen LogP contribution >= 0.6 is 11.3 Å². The van der Waals surface area contributed by atoms with Crippen molar-refractivity contribution in [2.24, 2.45) is 0 Å². The number of non-ortho nitro benzene ring substituents is 1. The molecule has 1 aromatic carbocycles. The Hall–Kier alpha value is -3.47. The van der Waals surface area contributed by atoms with Crippen LogP contribution in [0.3, 0.4) is 0 Å². The summed E-state index contributed by atoms with van der Waals surface area (Å²) < 4.78 is 32.5. The second kappa shape index (κ2) is 10.9. The van der Waals surface area contributed by atoms with Crippen LogP contribution in [-0.4, -0.2) is 89.5 Å². The van der Waals surface area contributed by atoms with Gasteiger partial charge in [0.1, 0.15) is 12.1 Å². The number of sulfonamides is 1. The van der Waals surface area contributed by atoms with Gasteiger partial charge in [0.25, 0.3) is 15.7 Å². The van der Waals surface area contributed by atoms with Gasteiger partial charge in [0.15, 0.2) is 14.9 Å². The number of hydrogen-bond acceptors (Lipinski definition) is 12. The van der Waals surface area contributed by atoms with Crippen molar-refractivity contribution >= 4 is 55.0 Å². The Balaban J connectivity index is 1.37. The lowest BCUT2D eigenvalue weighted by molar-refractivity contribution is -0.383. The number of methoxy groups -OCH3 is 1. The number of fused-ring (bicyclic) bond motifs is 1. The first-order valence-electron chi connectivity index (χ1n) is 11.3. The van der Waals surface area contributed by atoms with Gasteiger partial charge in [-0.25, -0.2) is 28.2 Å². The highest BCUT2D eigenvalue weighted by Gasteiger charge is 2.32. The third-order valence-corrected chi connectivity index (χ3v) is 9.37. The third-order valence-electron chi connectivity index (χ3n) is 5.81. The Morgan fingerprint density at radius 3 is 2.68 bits per heavy atom. The minimum Gasteiger partial charge on any atom is -0.453 e. The number of para-hydroxylation sites is 1. The predicted octanol–water partition coefficient (Wildman–Crippen LogP) is 2.29. The van der Waals surface area contributed by atoms with E-state index in [0.29, 0.717) is 49.6 Å². The molecule has 37 heavy (non-hydrogen) atoms. The lowest BCUT2D eigenvalue weighted by Gasteiger charge is -2.35. The van der Waals surface area contributed by atoms with Gasteiger partial charge >= 0.3 is 6.09 Å². The molecule has 14 nitrogen and oxygen atoms in total. The van der Waals surface area contributed by atoms with Crippen molar-refractivity contribution in [3.63, 3.8) is 0 Å². The van der Waals surface area contributed by atoms with Crippen molar-refractivity contribution in [2.45, 2.75) is 24.1 Å². The number of benzene rings is 1. The highest BCUT2D eigenvalue weighted by atomic mass is 32.2. The molecule has 1 aliphatic heterocycles. The number of anilines is 2. The van der Waals surface area contributed by atoms with E-state index < -0.39 is 21.0 Å². The van der Waals surface area contributed by atoms with Crippen molar-refractivity contribution in [1.82, 2.24) is 24.2 Å². The van der Waals surface area contributed by atoms with E-state index in [1.807, 2.05) is 6.92 Å². The summed E-state index contributed by atoms with van der Waals surface area (Å²) >= 11 is 0.890. The number of nitrogens with zero attached hydrogens (tertiary/aromatic N) is 6. The molecule has 0 radical (unpaired) electrons. The number of amides is 1. The van der Waals surface area contributed by atoms with Crippen LogP contribution in [-0.2, 0) is 14.8 Å². The molecule has 1 fully saturated rings. The van der Waals surface area contributed by atoms with Crippen LogP contribution in [0.2, 0.25) is 0 Å². The summed E-state index contributed by atoms with van der Waals surface area (Å²) in [6.45, 7) is 5.80. The Bertz CT molecular complexity index is 1420. The van der Waals surface area contributed by atoms with Crippen molar-refractivity contribution in [3.8, 4) is 0 Å². The lowest BCUT2D eigenvalue weighted by atomic mass is 10.2. The Morgan fingerprint density at radius 2 is 2.00 bits per heavy atom. The van der Waals surface area contributed by atoms with Crippen LogP contribution in [0, 0.1) is 17.0 Å². The van der Waals surface area contributed by atoms with Crippen LogP contribution in [0.4, 0.5) is 21.4 Å². The Morgan fingerprint density at radius 1 is 1.27 bits per heavy atom. The summed E-state index contributed by atoms with van der Waals surface area (Å²) in [5.41, 5.74) is 0.491. The van der Waals surface area contributed by atoms with E-state index in [4.69, 9.17) is 0 Å². The zero-order valence-electron chi connectivity index (χ0n) is 20.4. The summed E-state index contributed by atoms with van der Waals surface area (Å²) in [4.78, 5) is 36.9. The number of rotatable bonds is 8. The smallest absolute Gasteiger partial charge is 0.413 e. The second-order valence-electron chi connectivity index (χ2n) is 8.41. The van der Waals surface area contributed by atoms with Crippen molar-refractivity contribution in [3.05, 3.63) is 40.3 Å². The molecular formula is C21H26N8O6S2. The zero-order chi connectivity index (χ0) is 26.7. The maximum atomic E-state index is 13.2. The van der Waals surface area contributed by atoms with E-state index in [1.165, 1.54) is 23.8 Å². The van der Waals surface area contributed by atoms with Gasteiger partial charge in [0, 0.05) is 50.2 Å². The SMILES string of the molecule is COC(=O)Nc1nc(C)c(S(=O)(=O)N2CCN(C[C@H](C)Nc3ncnc4c([N+](=O)[O-])cccc34)CC2)s1. The molecule has 0 spiro atoms. The molecule has 0 bridgehead atoms. The predicted molar refractivity (Wildman–Crippen MR) is 137 cm³/mol. The van der Waals surface area contributed by atoms with Crippen molar-refractivity contribution in [2.75, 3.05) is 50.5 Å². The van der Waals surface area contributed by atoms with Crippen molar-refractivity contribution in [1.29, 1.82) is 0 Å². The molecule has 198 valence electrons. The molecule has 1 aliphatic rings. The summed E-state index contributed by atoms with van der Waals surface area (Å²) in [7, 11) is -2.55. The monoisotopic (exact) mass is 550 g/mol. The van der Waals surface area contributed by atoms with E-state index in [-0.39, 0.29) is 26.6 Å². The average Bonchev–Trinajstić information content (AvgIpc) is 3.24. The quantitative estimate of drug-likeness (QED) is 0.311. The van der Waals surface area contributed by atoms with Gasteiger partial charge in [0.2, 0.25) is 0 Å². The number of hydrogen-bond donors (Lipinski definition) is 2. The first-order chi connectivity index (χ1) is 17.6. The number of piperazine rings is 1. The summed E-state index contributed by atoms with van der Waals surface area (Å²) in [5, 5.41) is 17.7. The molecule has 3 aromatic rings. The molecule has 1 amide bonds. The Kier molecular flexibility index (Phi) is 7.82. The number of nitro benzene ring substituents is 1. The summed E-state index contributed by atoms with van der Waals surface area (Å²) in [6, 6.07) is 4.66. The second-order valence-corrected chi connectivity index (χ2v) is 11.5. The van der Waals surface area contributed by atoms with E-state index in [1.54, 1.807) is 19.1 Å². The number of aryl methyl sites for hydroxylation is 1. The minimum absolute atomic E-state index is 0.0730. The van der Waals surface area contributed by atoms with E-state index >= 15 is 0 Å².